The van der Waals surface area contributed by atoms with E-state index in [1.54, 1.807) is 0 Å². The molecule has 114 valence electrons. The van der Waals surface area contributed by atoms with Gasteiger partial charge in [0, 0.05) is 18.3 Å². The number of hydrogen-bond donors (Lipinski definition) is 1. The number of hydrogen-bond acceptors (Lipinski definition) is 7. The molecule has 0 radical (unpaired) electrons. The van der Waals surface area contributed by atoms with Crippen LogP contribution >= 0.6 is 7.82 Å². The second-order valence-electron chi connectivity index (χ2n) is 4.63. The molecule has 0 aliphatic carbocycles. The van der Waals surface area contributed by atoms with Gasteiger partial charge in [-0.1, -0.05) is 12.0 Å². The van der Waals surface area contributed by atoms with Crippen molar-refractivity contribution >= 4 is 13.8 Å². The lowest BCUT2D eigenvalue weighted by atomic mass is 9.86. The predicted octanol–water partition coefficient (Wildman–Crippen LogP) is 0.599. The quantitative estimate of drug-likeness (QED) is 0.262. The Morgan fingerprint density at radius 3 is 2.75 bits per heavy atom. The third-order valence-electron chi connectivity index (χ3n) is 2.80. The number of phosphoric ester groups is 1. The third kappa shape index (κ3) is 4.45. The summed E-state index contributed by atoms with van der Waals surface area (Å²) in [6, 6.07) is 0. The molecule has 1 N–H and O–H groups in total. The minimum atomic E-state index is -5.00. The van der Waals surface area contributed by atoms with Gasteiger partial charge in [0.15, 0.2) is 6.29 Å². The van der Waals surface area contributed by atoms with E-state index in [1.807, 2.05) is 0 Å². The Balaban J connectivity index is 3.00. The number of carbonyl (C=O) groups is 1. The summed E-state index contributed by atoms with van der Waals surface area (Å²) in [7, 11) is -5.00. The van der Waals surface area contributed by atoms with Gasteiger partial charge in [-0.2, -0.15) is 0 Å². The summed E-state index contributed by atoms with van der Waals surface area (Å²) in [5, 5.41) is 3.55. The van der Waals surface area contributed by atoms with Crippen LogP contribution in [0.5, 0.6) is 0 Å². The van der Waals surface area contributed by atoms with Crippen molar-refractivity contribution in [2.45, 2.75) is 51.2 Å². The van der Waals surface area contributed by atoms with Gasteiger partial charge >= 0.3 is 5.97 Å². The molecule has 0 aromatic heterocycles. The van der Waals surface area contributed by atoms with E-state index in [4.69, 9.17) is 19.9 Å². The summed E-state index contributed by atoms with van der Waals surface area (Å²) in [6.07, 6.45) is -3.23. The number of azide groups is 1. The smallest absolute Gasteiger partial charge is 0.303 e. The van der Waals surface area contributed by atoms with Crippen LogP contribution in [0.3, 0.4) is 0 Å². The van der Waals surface area contributed by atoms with E-state index < -0.39 is 37.8 Å². The topological polar surface area (TPSA) is 154 Å². The third-order valence-corrected chi connectivity index (χ3v) is 3.30. The second-order valence-corrected chi connectivity index (χ2v) is 5.77. The van der Waals surface area contributed by atoms with Gasteiger partial charge in [-0.3, -0.25) is 13.9 Å². The molecular weight excluding hydrogens is 293 g/mol. The highest BCUT2D eigenvalue weighted by Gasteiger charge is 2.48. The lowest BCUT2D eigenvalue weighted by Gasteiger charge is -2.44. The first-order chi connectivity index (χ1) is 9.07. The van der Waals surface area contributed by atoms with Gasteiger partial charge in [0.1, 0.15) is 6.10 Å². The van der Waals surface area contributed by atoms with Gasteiger partial charge < -0.3 is 19.3 Å². The Hall–Kier alpha value is -1.15. The minimum absolute atomic E-state index is 0.202. The van der Waals surface area contributed by atoms with Crippen LogP contribution in [-0.2, 0) is 23.4 Å². The average molecular weight is 308 g/mol. The van der Waals surface area contributed by atoms with Crippen LogP contribution in [0.25, 0.3) is 10.4 Å². The SMILES string of the molecule is CC(=O)O[C@@H]1[C@H](C)O[C@@H](OP(=O)([O-])O)C[C@]1(C)N=[N+]=[N-]. The molecule has 1 heterocycles. The largest absolute Gasteiger partial charge is 0.756 e. The molecule has 1 rings (SSSR count). The molecular formula is C9H15N3O7P-. The van der Waals surface area contributed by atoms with E-state index in [2.05, 4.69) is 14.5 Å². The van der Waals surface area contributed by atoms with Crippen LogP contribution in [0.4, 0.5) is 0 Å². The van der Waals surface area contributed by atoms with Gasteiger partial charge in [0.25, 0.3) is 7.82 Å². The van der Waals surface area contributed by atoms with E-state index >= 15 is 0 Å². The molecule has 10 nitrogen and oxygen atoms in total. The van der Waals surface area contributed by atoms with E-state index in [0.29, 0.717) is 0 Å². The Bertz CT molecular complexity index is 474. The molecule has 1 fully saturated rings. The zero-order valence-corrected chi connectivity index (χ0v) is 12.0. The normalized spacial score (nSPS) is 36.5. The molecule has 5 atom stereocenters. The fraction of sp³-hybridized carbons (Fsp3) is 0.889. The summed E-state index contributed by atoms with van der Waals surface area (Å²) < 4.78 is 25.3. The lowest BCUT2D eigenvalue weighted by Crippen LogP contribution is -2.55. The zero-order chi connectivity index (χ0) is 15.6. The fourth-order valence-corrected chi connectivity index (χ4v) is 2.55. The van der Waals surface area contributed by atoms with Crippen LogP contribution in [-0.4, -0.2) is 34.9 Å². The first kappa shape index (κ1) is 16.9. The molecule has 20 heavy (non-hydrogen) atoms. The van der Waals surface area contributed by atoms with E-state index in [9.17, 15) is 14.3 Å². The maximum Gasteiger partial charge on any atom is 0.303 e. The molecule has 0 spiro atoms. The van der Waals surface area contributed by atoms with Crippen molar-refractivity contribution in [2.24, 2.45) is 5.11 Å². The van der Waals surface area contributed by atoms with Crippen molar-refractivity contribution in [1.82, 2.24) is 0 Å². The molecule has 0 bridgehead atoms. The first-order valence-corrected chi connectivity index (χ1v) is 7.18. The highest BCUT2D eigenvalue weighted by Crippen LogP contribution is 2.41. The molecule has 1 unspecified atom stereocenters. The Morgan fingerprint density at radius 2 is 2.30 bits per heavy atom. The van der Waals surface area contributed by atoms with Crippen molar-refractivity contribution < 1.29 is 33.1 Å². The standard InChI is InChI=1S/C9H16N3O7P/c1-5-8(18-6(2)13)9(3,11-12-10)4-7(17-5)19-20(14,15)16/h5,7-8H,4H2,1-3H3,(H2,14,15,16)/p-1/t5-,7-,8+,9-/m0/s1. The van der Waals surface area contributed by atoms with Gasteiger partial charge in [0.2, 0.25) is 0 Å². The molecule has 11 heteroatoms. The molecule has 0 aromatic rings. The van der Waals surface area contributed by atoms with Gasteiger partial charge in [0.05, 0.1) is 11.6 Å². The van der Waals surface area contributed by atoms with Crippen molar-refractivity contribution in [1.29, 1.82) is 0 Å². The summed E-state index contributed by atoms with van der Waals surface area (Å²) in [6.45, 7) is 4.16. The number of carbonyl (C=O) groups excluding carboxylic acids is 1. The lowest BCUT2D eigenvalue weighted by molar-refractivity contribution is -0.264. The van der Waals surface area contributed by atoms with Crippen LogP contribution in [0.2, 0.25) is 0 Å². The monoisotopic (exact) mass is 308 g/mol. The van der Waals surface area contributed by atoms with Gasteiger partial charge in [-0.05, 0) is 12.5 Å². The average Bonchev–Trinajstić information content (AvgIpc) is 2.21. The molecule has 1 saturated heterocycles. The summed E-state index contributed by atoms with van der Waals surface area (Å²) in [5.74, 6) is -0.596. The van der Waals surface area contributed by atoms with Crippen LogP contribution in [0.15, 0.2) is 5.11 Å². The number of ether oxygens (including phenoxy) is 2. The first-order valence-electron chi connectivity index (χ1n) is 5.68. The van der Waals surface area contributed by atoms with Crippen LogP contribution < -0.4 is 4.89 Å². The summed E-state index contributed by atoms with van der Waals surface area (Å²) in [4.78, 5) is 33.2. The summed E-state index contributed by atoms with van der Waals surface area (Å²) in [5.41, 5.74) is 7.35. The Morgan fingerprint density at radius 1 is 1.70 bits per heavy atom. The number of rotatable bonds is 4. The molecule has 1 aliphatic heterocycles. The molecule has 0 saturated carbocycles. The van der Waals surface area contributed by atoms with Crippen molar-refractivity contribution in [3.05, 3.63) is 10.4 Å². The van der Waals surface area contributed by atoms with Crippen molar-refractivity contribution in [3.8, 4) is 0 Å². The molecule has 0 amide bonds. The fourth-order valence-electron chi connectivity index (χ4n) is 2.13. The second kappa shape index (κ2) is 6.09. The Kier molecular flexibility index (Phi) is 5.15. The number of nitrogens with zero attached hydrogens (tertiary/aromatic N) is 3. The van der Waals surface area contributed by atoms with Gasteiger partial charge in [-0.25, -0.2) is 0 Å². The highest BCUT2D eigenvalue weighted by atomic mass is 31.2. The molecule has 0 aromatic carbocycles. The van der Waals surface area contributed by atoms with Crippen molar-refractivity contribution in [3.63, 3.8) is 0 Å². The maximum atomic E-state index is 11.1. The van der Waals surface area contributed by atoms with E-state index in [1.165, 1.54) is 20.8 Å². The van der Waals surface area contributed by atoms with Crippen LogP contribution in [0.1, 0.15) is 27.2 Å². The maximum absolute atomic E-state index is 11.1. The van der Waals surface area contributed by atoms with Crippen LogP contribution in [0, 0.1) is 0 Å². The van der Waals surface area contributed by atoms with Gasteiger partial charge in [-0.15, -0.1) is 0 Å². The highest BCUT2D eigenvalue weighted by molar-refractivity contribution is 7.44. The zero-order valence-electron chi connectivity index (χ0n) is 11.1. The Labute approximate surface area is 114 Å². The number of esters is 1. The molecule has 1 aliphatic rings. The summed E-state index contributed by atoms with van der Waals surface area (Å²) >= 11 is 0. The minimum Gasteiger partial charge on any atom is -0.756 e. The predicted molar refractivity (Wildman–Crippen MR) is 63.0 cm³/mol. The van der Waals surface area contributed by atoms with E-state index in [-0.39, 0.29) is 6.42 Å². The van der Waals surface area contributed by atoms with E-state index in [0.717, 1.165) is 0 Å². The van der Waals surface area contributed by atoms with Crippen molar-refractivity contribution in [2.75, 3.05) is 0 Å². The number of phosphoric acid groups is 1.